The lowest BCUT2D eigenvalue weighted by Crippen LogP contribution is -2.41. The van der Waals surface area contributed by atoms with Gasteiger partial charge < -0.3 is 5.32 Å². The Balaban J connectivity index is 1.54. The van der Waals surface area contributed by atoms with Crippen molar-refractivity contribution >= 4 is 33.1 Å². The third-order valence-corrected chi connectivity index (χ3v) is 6.66. The van der Waals surface area contributed by atoms with Crippen molar-refractivity contribution in [1.82, 2.24) is 19.7 Å². The van der Waals surface area contributed by atoms with Crippen molar-refractivity contribution in [1.29, 1.82) is 0 Å². The van der Waals surface area contributed by atoms with E-state index in [1.54, 1.807) is 16.0 Å². The highest BCUT2D eigenvalue weighted by molar-refractivity contribution is 7.18. The Kier molecular flexibility index (Phi) is 4.74. The lowest BCUT2D eigenvalue weighted by atomic mass is 10.2. The zero-order valence-electron chi connectivity index (χ0n) is 16.2. The van der Waals surface area contributed by atoms with Crippen molar-refractivity contribution in [2.24, 2.45) is 7.05 Å². The fraction of sp³-hybridized carbons (Fsp3) is 0.450. The molecule has 1 fully saturated rings. The number of fused-ring (bicyclic) bond motifs is 1. The fourth-order valence-electron chi connectivity index (χ4n) is 3.88. The van der Waals surface area contributed by atoms with Crippen LogP contribution in [0.25, 0.3) is 10.2 Å². The molecule has 4 rings (SSSR count). The second-order valence-corrected chi connectivity index (χ2v) is 8.31. The van der Waals surface area contributed by atoms with E-state index < -0.39 is 0 Å². The highest BCUT2D eigenvalue weighted by Gasteiger charge is 2.35. The van der Waals surface area contributed by atoms with E-state index in [-0.39, 0.29) is 18.0 Å². The standard InChI is InChI=1S/C20H25N5OS/c1-12-18(13(2)24(4)23-12)22-19(26)14(3)25-11-7-9-16(25)20-21-15-8-5-6-10-17(15)27-20/h5-6,8,10,14,16H,7,9,11H2,1-4H3,(H,22,26). The highest BCUT2D eigenvalue weighted by Crippen LogP contribution is 2.37. The number of anilines is 1. The summed E-state index contributed by atoms with van der Waals surface area (Å²) in [5, 5.41) is 8.59. The molecule has 142 valence electrons. The van der Waals surface area contributed by atoms with Crippen molar-refractivity contribution in [2.75, 3.05) is 11.9 Å². The summed E-state index contributed by atoms with van der Waals surface area (Å²) in [4.78, 5) is 20.1. The summed E-state index contributed by atoms with van der Waals surface area (Å²) in [6.45, 7) is 6.80. The molecule has 1 amide bonds. The maximum Gasteiger partial charge on any atom is 0.241 e. The molecule has 27 heavy (non-hydrogen) atoms. The van der Waals surface area contributed by atoms with Crippen molar-refractivity contribution in [3.05, 3.63) is 40.7 Å². The number of hydrogen-bond acceptors (Lipinski definition) is 5. The number of thiazole rings is 1. The van der Waals surface area contributed by atoms with Gasteiger partial charge in [-0.3, -0.25) is 14.4 Å². The number of rotatable bonds is 4. The van der Waals surface area contributed by atoms with Crippen LogP contribution in [0.1, 0.15) is 42.2 Å². The van der Waals surface area contributed by atoms with Crippen molar-refractivity contribution in [3.63, 3.8) is 0 Å². The van der Waals surface area contributed by atoms with Crippen LogP contribution in [0.4, 0.5) is 5.69 Å². The quantitative estimate of drug-likeness (QED) is 0.744. The number of nitrogens with one attached hydrogen (secondary N) is 1. The van der Waals surface area contributed by atoms with Gasteiger partial charge in [0.25, 0.3) is 0 Å². The number of hydrogen-bond donors (Lipinski definition) is 1. The van der Waals surface area contributed by atoms with Gasteiger partial charge in [-0.15, -0.1) is 11.3 Å². The number of benzene rings is 1. The van der Waals surface area contributed by atoms with Crippen LogP contribution in [-0.2, 0) is 11.8 Å². The minimum Gasteiger partial charge on any atom is -0.322 e. The van der Waals surface area contributed by atoms with Crippen LogP contribution in [0.2, 0.25) is 0 Å². The molecular formula is C20H25N5OS. The third-order valence-electron chi connectivity index (χ3n) is 5.52. The first-order chi connectivity index (χ1) is 13.0. The zero-order chi connectivity index (χ0) is 19.1. The molecule has 3 aromatic rings. The van der Waals surface area contributed by atoms with Crippen LogP contribution in [-0.4, -0.2) is 38.2 Å². The lowest BCUT2D eigenvalue weighted by molar-refractivity contribution is -0.121. The largest absolute Gasteiger partial charge is 0.322 e. The molecule has 1 N–H and O–H groups in total. The number of amides is 1. The van der Waals surface area contributed by atoms with Crippen molar-refractivity contribution in [3.8, 4) is 0 Å². The maximum absolute atomic E-state index is 13.0. The second-order valence-electron chi connectivity index (χ2n) is 7.25. The van der Waals surface area contributed by atoms with Gasteiger partial charge in [0.05, 0.1) is 39.4 Å². The van der Waals surface area contributed by atoms with Crippen molar-refractivity contribution in [2.45, 2.75) is 45.7 Å². The number of carbonyl (C=O) groups excluding carboxylic acids is 1. The first kappa shape index (κ1) is 18.1. The van der Waals surface area contributed by atoms with E-state index in [2.05, 4.69) is 27.4 Å². The molecule has 2 aromatic heterocycles. The Labute approximate surface area is 163 Å². The molecule has 1 saturated heterocycles. The van der Waals surface area contributed by atoms with Crippen LogP contribution in [0.15, 0.2) is 24.3 Å². The summed E-state index contributed by atoms with van der Waals surface area (Å²) in [5.41, 5.74) is 3.69. The zero-order valence-corrected chi connectivity index (χ0v) is 17.0. The van der Waals surface area contributed by atoms with Gasteiger partial charge in [0.2, 0.25) is 5.91 Å². The normalized spacial score (nSPS) is 18.9. The van der Waals surface area contributed by atoms with Gasteiger partial charge in [0.15, 0.2) is 0 Å². The monoisotopic (exact) mass is 383 g/mol. The molecule has 0 aliphatic carbocycles. The Hall–Kier alpha value is -2.25. The van der Waals surface area contributed by atoms with Gasteiger partial charge in [-0.1, -0.05) is 12.1 Å². The van der Waals surface area contributed by atoms with Crippen LogP contribution < -0.4 is 5.32 Å². The Morgan fingerprint density at radius 2 is 2.11 bits per heavy atom. The van der Waals surface area contributed by atoms with E-state index in [0.717, 1.165) is 47.0 Å². The summed E-state index contributed by atoms with van der Waals surface area (Å²) >= 11 is 1.74. The van der Waals surface area contributed by atoms with Gasteiger partial charge in [-0.25, -0.2) is 4.98 Å². The first-order valence-corrected chi connectivity index (χ1v) is 10.2. The van der Waals surface area contributed by atoms with Gasteiger partial charge in [-0.2, -0.15) is 5.10 Å². The van der Waals surface area contributed by atoms with Gasteiger partial charge >= 0.3 is 0 Å². The van der Waals surface area contributed by atoms with E-state index >= 15 is 0 Å². The number of nitrogens with zero attached hydrogens (tertiary/aromatic N) is 4. The molecule has 7 heteroatoms. The molecule has 3 heterocycles. The molecule has 0 bridgehead atoms. The van der Waals surface area contributed by atoms with E-state index in [1.807, 2.05) is 40.0 Å². The highest BCUT2D eigenvalue weighted by atomic mass is 32.1. The smallest absolute Gasteiger partial charge is 0.241 e. The number of likely N-dealkylation sites (tertiary alicyclic amines) is 1. The minimum atomic E-state index is -0.219. The summed E-state index contributed by atoms with van der Waals surface area (Å²) in [7, 11) is 1.89. The Morgan fingerprint density at radius 1 is 1.33 bits per heavy atom. The minimum absolute atomic E-state index is 0.0159. The molecule has 1 aliphatic rings. The van der Waals surface area contributed by atoms with Crippen LogP contribution in [0.3, 0.4) is 0 Å². The van der Waals surface area contributed by atoms with Crippen LogP contribution in [0.5, 0.6) is 0 Å². The van der Waals surface area contributed by atoms with Crippen LogP contribution >= 0.6 is 11.3 Å². The number of para-hydroxylation sites is 1. The van der Waals surface area contributed by atoms with E-state index in [0.29, 0.717) is 0 Å². The van der Waals surface area contributed by atoms with E-state index in [1.165, 1.54) is 4.70 Å². The summed E-state index contributed by atoms with van der Waals surface area (Å²) in [5.74, 6) is 0.0159. The van der Waals surface area contributed by atoms with Gasteiger partial charge in [0.1, 0.15) is 5.01 Å². The predicted molar refractivity (Wildman–Crippen MR) is 109 cm³/mol. The van der Waals surface area contributed by atoms with Crippen LogP contribution in [0, 0.1) is 13.8 Å². The molecule has 2 atom stereocenters. The Bertz CT molecular complexity index is 959. The second kappa shape index (κ2) is 7.05. The average Bonchev–Trinajstić information content (AvgIpc) is 3.35. The Morgan fingerprint density at radius 3 is 2.81 bits per heavy atom. The molecule has 6 nitrogen and oxygen atoms in total. The van der Waals surface area contributed by atoms with E-state index in [4.69, 9.17) is 4.98 Å². The molecule has 2 unspecified atom stereocenters. The van der Waals surface area contributed by atoms with Crippen molar-refractivity contribution < 1.29 is 4.79 Å². The fourth-order valence-corrected chi connectivity index (χ4v) is 5.01. The van der Waals surface area contributed by atoms with Gasteiger partial charge in [0, 0.05) is 7.05 Å². The molecule has 1 aromatic carbocycles. The molecule has 0 spiro atoms. The maximum atomic E-state index is 13.0. The first-order valence-electron chi connectivity index (χ1n) is 9.38. The SMILES string of the molecule is Cc1nn(C)c(C)c1NC(=O)C(C)N1CCCC1c1nc2ccccc2s1. The molecular weight excluding hydrogens is 358 g/mol. The predicted octanol–water partition coefficient (Wildman–Crippen LogP) is 3.81. The van der Waals surface area contributed by atoms with Gasteiger partial charge in [-0.05, 0) is 52.3 Å². The summed E-state index contributed by atoms with van der Waals surface area (Å²) in [6.07, 6.45) is 2.13. The topological polar surface area (TPSA) is 63.1 Å². The summed E-state index contributed by atoms with van der Waals surface area (Å²) < 4.78 is 3.01. The number of aromatic nitrogens is 3. The molecule has 0 radical (unpaired) electrons. The van der Waals surface area contributed by atoms with E-state index in [9.17, 15) is 4.79 Å². The molecule has 0 saturated carbocycles. The summed E-state index contributed by atoms with van der Waals surface area (Å²) in [6, 6.07) is 8.22. The number of aryl methyl sites for hydroxylation is 2. The third kappa shape index (κ3) is 3.26. The average molecular weight is 384 g/mol. The molecule has 1 aliphatic heterocycles. The lowest BCUT2D eigenvalue weighted by Gasteiger charge is -2.28. The number of carbonyl (C=O) groups is 1.